The molecule has 1 saturated heterocycles. The summed E-state index contributed by atoms with van der Waals surface area (Å²) < 4.78 is 1.23. The second-order valence-electron chi connectivity index (χ2n) is 3.58. The molecule has 0 saturated carbocycles. The van der Waals surface area contributed by atoms with Crippen molar-refractivity contribution in [2.45, 2.75) is 18.9 Å². The van der Waals surface area contributed by atoms with Gasteiger partial charge in [-0.15, -0.1) is 0 Å². The predicted molar refractivity (Wildman–Crippen MR) is 61.6 cm³/mol. The zero-order valence-corrected chi connectivity index (χ0v) is 9.86. The Bertz CT molecular complexity index is 301. The zero-order chi connectivity index (χ0) is 9.26. The van der Waals surface area contributed by atoms with Gasteiger partial charge in [-0.2, -0.15) is 0 Å². The van der Waals surface area contributed by atoms with Crippen molar-refractivity contribution < 1.29 is 0 Å². The molecule has 1 aromatic rings. The van der Waals surface area contributed by atoms with E-state index in [-0.39, 0.29) is 0 Å². The van der Waals surface area contributed by atoms with Crippen molar-refractivity contribution in [2.75, 3.05) is 13.6 Å². The van der Waals surface area contributed by atoms with Crippen molar-refractivity contribution in [3.63, 3.8) is 0 Å². The van der Waals surface area contributed by atoms with E-state index >= 15 is 0 Å². The van der Waals surface area contributed by atoms with E-state index < -0.39 is 0 Å². The van der Waals surface area contributed by atoms with Crippen LogP contribution >= 0.6 is 22.6 Å². The highest BCUT2D eigenvalue weighted by Gasteiger charge is 2.22. The number of pyridine rings is 1. The molecule has 0 aliphatic carbocycles. The van der Waals surface area contributed by atoms with Gasteiger partial charge in [-0.1, -0.05) is 0 Å². The molecule has 2 rings (SSSR count). The van der Waals surface area contributed by atoms with Crippen LogP contribution in [0, 0.1) is 3.57 Å². The first kappa shape index (κ1) is 9.40. The first-order chi connectivity index (χ1) is 6.27. The van der Waals surface area contributed by atoms with Crippen molar-refractivity contribution in [2.24, 2.45) is 0 Å². The van der Waals surface area contributed by atoms with Crippen LogP contribution in [0.4, 0.5) is 0 Å². The van der Waals surface area contributed by atoms with Gasteiger partial charge in [-0.05, 0) is 60.7 Å². The maximum atomic E-state index is 4.23. The van der Waals surface area contributed by atoms with E-state index in [1.54, 1.807) is 0 Å². The van der Waals surface area contributed by atoms with Crippen LogP contribution in [0.2, 0.25) is 0 Å². The molecule has 1 aromatic heterocycles. The number of rotatable bonds is 1. The Balaban J connectivity index is 2.24. The van der Waals surface area contributed by atoms with Crippen LogP contribution in [0.15, 0.2) is 18.5 Å². The molecule has 70 valence electrons. The van der Waals surface area contributed by atoms with E-state index in [4.69, 9.17) is 0 Å². The third-order valence-corrected chi connectivity index (χ3v) is 3.22. The van der Waals surface area contributed by atoms with Crippen LogP contribution in [0.3, 0.4) is 0 Å². The minimum Gasteiger partial charge on any atom is -0.299 e. The highest BCUT2D eigenvalue weighted by Crippen LogP contribution is 2.30. The van der Waals surface area contributed by atoms with Gasteiger partial charge in [0, 0.05) is 22.0 Å². The molecular formula is C10H13IN2. The second kappa shape index (κ2) is 3.92. The average Bonchev–Trinajstić information content (AvgIpc) is 2.51. The van der Waals surface area contributed by atoms with Crippen molar-refractivity contribution >= 4 is 22.6 Å². The van der Waals surface area contributed by atoms with E-state index in [1.165, 1.54) is 28.5 Å². The molecule has 3 heteroatoms. The minimum absolute atomic E-state index is 0.599. The standard InChI is InChI=1S/C10H13IN2/c1-13-4-2-3-10(13)8-5-9(11)7-12-6-8/h5-7,10H,2-4H2,1H3. The summed E-state index contributed by atoms with van der Waals surface area (Å²) in [6.45, 7) is 1.22. The summed E-state index contributed by atoms with van der Waals surface area (Å²) in [4.78, 5) is 6.64. The largest absolute Gasteiger partial charge is 0.299 e. The first-order valence-corrected chi connectivity index (χ1v) is 5.66. The van der Waals surface area contributed by atoms with Gasteiger partial charge in [-0.3, -0.25) is 9.88 Å². The maximum absolute atomic E-state index is 4.23. The van der Waals surface area contributed by atoms with Crippen molar-refractivity contribution in [1.82, 2.24) is 9.88 Å². The van der Waals surface area contributed by atoms with Gasteiger partial charge in [0.05, 0.1) is 0 Å². The molecule has 0 radical (unpaired) electrons. The third-order valence-electron chi connectivity index (χ3n) is 2.63. The number of likely N-dealkylation sites (tertiary alicyclic amines) is 1. The van der Waals surface area contributed by atoms with Gasteiger partial charge in [0.1, 0.15) is 0 Å². The van der Waals surface area contributed by atoms with Crippen LogP contribution in [0.5, 0.6) is 0 Å². The number of hydrogen-bond acceptors (Lipinski definition) is 2. The summed E-state index contributed by atoms with van der Waals surface area (Å²) in [6, 6.07) is 2.84. The Morgan fingerprint density at radius 3 is 3.00 bits per heavy atom. The van der Waals surface area contributed by atoms with E-state index in [9.17, 15) is 0 Å². The van der Waals surface area contributed by atoms with Gasteiger partial charge in [0.2, 0.25) is 0 Å². The van der Waals surface area contributed by atoms with E-state index in [0.29, 0.717) is 6.04 Å². The monoisotopic (exact) mass is 288 g/mol. The zero-order valence-electron chi connectivity index (χ0n) is 7.70. The molecular weight excluding hydrogens is 275 g/mol. The van der Waals surface area contributed by atoms with Gasteiger partial charge >= 0.3 is 0 Å². The van der Waals surface area contributed by atoms with Crippen LogP contribution in [0.25, 0.3) is 0 Å². The number of aromatic nitrogens is 1. The van der Waals surface area contributed by atoms with Gasteiger partial charge < -0.3 is 0 Å². The summed E-state index contributed by atoms with van der Waals surface area (Å²) in [5.41, 5.74) is 1.37. The molecule has 2 nitrogen and oxygen atoms in total. The summed E-state index contributed by atoms with van der Waals surface area (Å²) in [6.07, 6.45) is 6.48. The van der Waals surface area contributed by atoms with E-state index in [2.05, 4.69) is 45.6 Å². The van der Waals surface area contributed by atoms with Crippen LogP contribution < -0.4 is 0 Å². The molecule has 0 spiro atoms. The topological polar surface area (TPSA) is 16.1 Å². The summed E-state index contributed by atoms with van der Waals surface area (Å²) in [5.74, 6) is 0. The highest BCUT2D eigenvalue weighted by molar-refractivity contribution is 14.1. The number of nitrogens with zero attached hydrogens (tertiary/aromatic N) is 2. The minimum atomic E-state index is 0.599. The summed E-state index contributed by atoms with van der Waals surface area (Å²) in [5, 5.41) is 0. The van der Waals surface area contributed by atoms with E-state index in [1.807, 2.05) is 12.4 Å². The maximum Gasteiger partial charge on any atom is 0.0401 e. The van der Waals surface area contributed by atoms with Crippen molar-refractivity contribution in [3.8, 4) is 0 Å². The lowest BCUT2D eigenvalue weighted by atomic mass is 10.1. The molecule has 2 heterocycles. The molecule has 1 fully saturated rings. The van der Waals surface area contributed by atoms with Crippen LogP contribution in [-0.2, 0) is 0 Å². The molecule has 1 unspecified atom stereocenters. The Labute approximate surface area is 92.5 Å². The average molecular weight is 288 g/mol. The second-order valence-corrected chi connectivity index (χ2v) is 4.82. The lowest BCUT2D eigenvalue weighted by Crippen LogP contribution is -2.17. The normalized spacial score (nSPS) is 23.7. The van der Waals surface area contributed by atoms with Crippen molar-refractivity contribution in [1.29, 1.82) is 0 Å². The fraction of sp³-hybridized carbons (Fsp3) is 0.500. The van der Waals surface area contributed by atoms with Gasteiger partial charge in [-0.25, -0.2) is 0 Å². The Hall–Kier alpha value is -0.160. The highest BCUT2D eigenvalue weighted by atomic mass is 127. The molecule has 1 aliphatic heterocycles. The fourth-order valence-corrected chi connectivity index (χ4v) is 2.46. The molecule has 1 atom stereocenters. The molecule has 1 aliphatic rings. The smallest absolute Gasteiger partial charge is 0.0401 e. The van der Waals surface area contributed by atoms with E-state index in [0.717, 1.165) is 0 Å². The SMILES string of the molecule is CN1CCCC1c1cncc(I)c1. The lowest BCUT2D eigenvalue weighted by Gasteiger charge is -2.19. The lowest BCUT2D eigenvalue weighted by molar-refractivity contribution is 0.317. The molecule has 0 amide bonds. The van der Waals surface area contributed by atoms with Gasteiger partial charge in [0.25, 0.3) is 0 Å². The van der Waals surface area contributed by atoms with Gasteiger partial charge in [0.15, 0.2) is 0 Å². The Morgan fingerprint density at radius 1 is 1.54 bits per heavy atom. The Kier molecular flexibility index (Phi) is 2.83. The quantitative estimate of drug-likeness (QED) is 0.738. The molecule has 13 heavy (non-hydrogen) atoms. The van der Waals surface area contributed by atoms with Crippen LogP contribution in [-0.4, -0.2) is 23.5 Å². The molecule has 0 aromatic carbocycles. The number of halogens is 1. The first-order valence-electron chi connectivity index (χ1n) is 4.58. The number of hydrogen-bond donors (Lipinski definition) is 0. The summed E-state index contributed by atoms with van der Waals surface area (Å²) in [7, 11) is 2.19. The summed E-state index contributed by atoms with van der Waals surface area (Å²) >= 11 is 2.32. The fourth-order valence-electron chi connectivity index (χ4n) is 1.94. The molecule has 0 N–H and O–H groups in total. The third kappa shape index (κ3) is 2.02. The van der Waals surface area contributed by atoms with Crippen molar-refractivity contribution in [3.05, 3.63) is 27.6 Å². The molecule has 0 bridgehead atoms. The Morgan fingerprint density at radius 2 is 2.38 bits per heavy atom. The van der Waals surface area contributed by atoms with Crippen LogP contribution in [0.1, 0.15) is 24.4 Å². The predicted octanol–water partition coefficient (Wildman–Crippen LogP) is 2.45.